The average Bonchev–Trinajstić information content (AvgIpc) is 2.85. The fourth-order valence-electron chi connectivity index (χ4n) is 3.06. The third kappa shape index (κ3) is 3.73. The summed E-state index contributed by atoms with van der Waals surface area (Å²) >= 11 is 7.40. The zero-order valence-corrected chi connectivity index (χ0v) is 15.6. The van der Waals surface area contributed by atoms with E-state index >= 15 is 0 Å². The van der Waals surface area contributed by atoms with Crippen molar-refractivity contribution >= 4 is 31.9 Å². The van der Waals surface area contributed by atoms with Gasteiger partial charge in [0, 0.05) is 18.4 Å². The molecule has 0 aromatic carbocycles. The third-order valence-electron chi connectivity index (χ3n) is 4.24. The van der Waals surface area contributed by atoms with Crippen molar-refractivity contribution in [2.24, 2.45) is 0 Å². The summed E-state index contributed by atoms with van der Waals surface area (Å²) in [6.07, 6.45) is 12.8. The maximum Gasteiger partial charge on any atom is 0.183 e. The molecule has 0 amide bonds. The molecule has 2 heterocycles. The smallest absolute Gasteiger partial charge is 0.183 e. The maximum absolute atomic E-state index is 6.25. The predicted octanol–water partition coefficient (Wildman–Crippen LogP) is 3.79. The topological polar surface area (TPSA) is 27.7 Å². The molecule has 0 unspecified atom stereocenters. The Morgan fingerprint density at radius 1 is 1.52 bits per heavy atom. The first kappa shape index (κ1) is 17.5. The van der Waals surface area contributed by atoms with Gasteiger partial charge >= 0.3 is 0 Å². The van der Waals surface area contributed by atoms with Crippen LogP contribution in [0.2, 0.25) is 0 Å². The number of rotatable bonds is 5. The standard InChI is InChI=1S/C16H22Br2O3/c1-4-6-7-8-15(18)16(19-3)10-14-13(21-16)9-11(17)12(5-2)20-14/h1,6-7,11-15H,5,8-10H2,2-3H3/b7-6+/t11-,12+,13-,14-,15-,16+/m1/s1. The van der Waals surface area contributed by atoms with Crippen LogP contribution in [0.15, 0.2) is 12.2 Å². The number of methoxy groups -OCH3 is 1. The van der Waals surface area contributed by atoms with Crippen molar-refractivity contribution in [3.05, 3.63) is 12.2 Å². The monoisotopic (exact) mass is 420 g/mol. The van der Waals surface area contributed by atoms with E-state index in [1.165, 1.54) is 0 Å². The molecule has 3 nitrogen and oxygen atoms in total. The molecule has 0 spiro atoms. The predicted molar refractivity (Wildman–Crippen MR) is 90.8 cm³/mol. The van der Waals surface area contributed by atoms with Gasteiger partial charge in [-0.05, 0) is 25.3 Å². The van der Waals surface area contributed by atoms with E-state index in [0.717, 1.165) is 25.7 Å². The molecule has 21 heavy (non-hydrogen) atoms. The molecule has 2 fully saturated rings. The van der Waals surface area contributed by atoms with E-state index in [9.17, 15) is 0 Å². The van der Waals surface area contributed by atoms with Gasteiger partial charge in [0.2, 0.25) is 0 Å². The van der Waals surface area contributed by atoms with Crippen molar-refractivity contribution in [2.75, 3.05) is 7.11 Å². The first-order chi connectivity index (χ1) is 10.1. The molecule has 5 heteroatoms. The largest absolute Gasteiger partial charge is 0.371 e. The van der Waals surface area contributed by atoms with Crippen LogP contribution >= 0.6 is 31.9 Å². The van der Waals surface area contributed by atoms with Gasteiger partial charge in [0.15, 0.2) is 5.79 Å². The fraction of sp³-hybridized carbons (Fsp3) is 0.750. The van der Waals surface area contributed by atoms with Gasteiger partial charge in [0.25, 0.3) is 0 Å². The van der Waals surface area contributed by atoms with Crippen molar-refractivity contribution in [3.8, 4) is 12.3 Å². The van der Waals surface area contributed by atoms with Crippen LogP contribution in [0.1, 0.15) is 32.6 Å². The first-order valence-corrected chi connectivity index (χ1v) is 9.17. The van der Waals surface area contributed by atoms with Gasteiger partial charge in [-0.2, -0.15) is 0 Å². The summed E-state index contributed by atoms with van der Waals surface area (Å²) in [6, 6.07) is 0. The lowest BCUT2D eigenvalue weighted by Crippen LogP contribution is -2.42. The Bertz CT molecular complexity index is 420. The van der Waals surface area contributed by atoms with Gasteiger partial charge < -0.3 is 14.2 Å². The van der Waals surface area contributed by atoms with Crippen LogP contribution in [0.3, 0.4) is 0 Å². The number of halogens is 2. The Balaban J connectivity index is 2.06. The van der Waals surface area contributed by atoms with Gasteiger partial charge in [-0.1, -0.05) is 50.8 Å². The van der Waals surface area contributed by atoms with Crippen molar-refractivity contribution in [1.82, 2.24) is 0 Å². The minimum atomic E-state index is -0.649. The Labute approximate surface area is 144 Å². The summed E-state index contributed by atoms with van der Waals surface area (Å²) in [5.41, 5.74) is 0. The van der Waals surface area contributed by atoms with Crippen molar-refractivity contribution in [3.63, 3.8) is 0 Å². The minimum absolute atomic E-state index is 0.0441. The van der Waals surface area contributed by atoms with E-state index in [-0.39, 0.29) is 23.1 Å². The van der Waals surface area contributed by atoms with Gasteiger partial charge in [0.05, 0.1) is 23.1 Å². The molecule has 2 aliphatic heterocycles. The average molecular weight is 422 g/mol. The summed E-state index contributed by atoms with van der Waals surface area (Å²) in [6.45, 7) is 2.15. The number of allylic oxidation sites excluding steroid dienone is 2. The van der Waals surface area contributed by atoms with E-state index in [1.54, 1.807) is 13.2 Å². The second kappa shape index (κ2) is 7.61. The van der Waals surface area contributed by atoms with Crippen LogP contribution in [0.4, 0.5) is 0 Å². The Morgan fingerprint density at radius 3 is 2.90 bits per heavy atom. The van der Waals surface area contributed by atoms with Gasteiger partial charge in [-0.3, -0.25) is 0 Å². The van der Waals surface area contributed by atoms with Gasteiger partial charge in [-0.15, -0.1) is 6.42 Å². The minimum Gasteiger partial charge on any atom is -0.371 e. The quantitative estimate of drug-likeness (QED) is 0.499. The van der Waals surface area contributed by atoms with Crippen LogP contribution < -0.4 is 0 Å². The summed E-state index contributed by atoms with van der Waals surface area (Å²) in [4.78, 5) is 0.383. The molecule has 0 radical (unpaired) electrons. The van der Waals surface area contributed by atoms with Gasteiger partial charge in [-0.25, -0.2) is 0 Å². The second-order valence-corrected chi connectivity index (χ2v) is 7.80. The highest BCUT2D eigenvalue weighted by molar-refractivity contribution is 9.09. The molecule has 118 valence electrons. The van der Waals surface area contributed by atoms with E-state index in [0.29, 0.717) is 4.83 Å². The van der Waals surface area contributed by atoms with E-state index in [1.807, 2.05) is 6.08 Å². The number of fused-ring (bicyclic) bond motifs is 1. The highest BCUT2D eigenvalue weighted by Gasteiger charge is 2.54. The lowest BCUT2D eigenvalue weighted by Gasteiger charge is -2.34. The Hall–Kier alpha value is 0.140. The van der Waals surface area contributed by atoms with Crippen LogP contribution in [-0.2, 0) is 14.2 Å². The van der Waals surface area contributed by atoms with E-state index in [4.69, 9.17) is 20.6 Å². The van der Waals surface area contributed by atoms with Crippen LogP contribution in [-0.4, -0.2) is 40.9 Å². The fourth-order valence-corrected chi connectivity index (χ4v) is 4.62. The third-order valence-corrected chi connectivity index (χ3v) is 6.28. The number of hydrogen-bond donors (Lipinski definition) is 0. The zero-order valence-electron chi connectivity index (χ0n) is 12.4. The zero-order chi connectivity index (χ0) is 15.5. The molecule has 0 bridgehead atoms. The summed E-state index contributed by atoms with van der Waals surface area (Å²) in [7, 11) is 1.69. The molecule has 0 aromatic rings. The summed E-state index contributed by atoms with van der Waals surface area (Å²) in [5, 5.41) is 0. The molecule has 2 rings (SSSR count). The molecule has 2 aliphatic rings. The molecular weight excluding hydrogens is 400 g/mol. The normalized spacial score (nSPS) is 40.9. The molecule has 2 saturated heterocycles. The molecule has 0 aliphatic carbocycles. The van der Waals surface area contributed by atoms with Gasteiger partial charge in [0.1, 0.15) is 0 Å². The maximum atomic E-state index is 6.25. The van der Waals surface area contributed by atoms with Crippen LogP contribution in [0.25, 0.3) is 0 Å². The molecular formula is C16H22Br2O3. The van der Waals surface area contributed by atoms with Crippen molar-refractivity contribution in [2.45, 2.75) is 66.4 Å². The number of terminal acetylenes is 1. The second-order valence-electron chi connectivity index (χ2n) is 5.52. The Kier molecular flexibility index (Phi) is 6.34. The lowest BCUT2D eigenvalue weighted by molar-refractivity contribution is -0.214. The molecule has 0 aromatic heterocycles. The van der Waals surface area contributed by atoms with Crippen LogP contribution in [0, 0.1) is 12.3 Å². The highest BCUT2D eigenvalue weighted by atomic mass is 79.9. The van der Waals surface area contributed by atoms with E-state index < -0.39 is 5.79 Å². The van der Waals surface area contributed by atoms with Crippen molar-refractivity contribution < 1.29 is 14.2 Å². The lowest BCUT2D eigenvalue weighted by atomic mass is 9.97. The SMILES string of the molecule is C#C/C=C/C[C@@H](Br)[C@]1(OC)C[C@H]2O[C@@H](CC)[C@H](Br)C[C@H]2O1. The van der Waals surface area contributed by atoms with Crippen molar-refractivity contribution in [1.29, 1.82) is 0 Å². The summed E-state index contributed by atoms with van der Waals surface area (Å²) in [5.74, 6) is 1.85. The Morgan fingerprint density at radius 2 is 2.29 bits per heavy atom. The summed E-state index contributed by atoms with van der Waals surface area (Å²) < 4.78 is 18.2. The molecule has 6 atom stereocenters. The number of alkyl halides is 2. The number of hydrogen-bond acceptors (Lipinski definition) is 3. The first-order valence-electron chi connectivity index (χ1n) is 7.34. The van der Waals surface area contributed by atoms with Crippen LogP contribution in [0.5, 0.6) is 0 Å². The molecule has 0 N–H and O–H groups in total. The number of ether oxygens (including phenoxy) is 3. The molecule has 0 saturated carbocycles. The van der Waals surface area contributed by atoms with E-state index in [2.05, 4.69) is 44.7 Å². The highest BCUT2D eigenvalue weighted by Crippen LogP contribution is 2.45.